The van der Waals surface area contributed by atoms with Crippen molar-refractivity contribution in [3.63, 3.8) is 0 Å². The van der Waals surface area contributed by atoms with Gasteiger partial charge >= 0.3 is 5.38 Å². The molecule has 0 aliphatic heterocycles. The van der Waals surface area contributed by atoms with E-state index in [1.54, 1.807) is 11.6 Å². The summed E-state index contributed by atoms with van der Waals surface area (Å²) in [6.45, 7) is 3.97. The summed E-state index contributed by atoms with van der Waals surface area (Å²) < 4.78 is 42.4. The molecule has 7 heteroatoms. The summed E-state index contributed by atoms with van der Waals surface area (Å²) in [4.78, 5) is 4.43. The molecule has 23 heavy (non-hydrogen) atoms. The molecule has 2 aromatic heterocycles. The highest BCUT2D eigenvalue weighted by Crippen LogP contribution is 2.39. The molecule has 2 heterocycles. The number of aryl methyl sites for hydroxylation is 2. The molecule has 3 nitrogen and oxygen atoms in total. The molecule has 0 saturated carbocycles. The van der Waals surface area contributed by atoms with Crippen molar-refractivity contribution in [1.82, 2.24) is 14.8 Å². The minimum atomic E-state index is -3.55. The van der Waals surface area contributed by atoms with E-state index in [1.807, 2.05) is 6.92 Å². The van der Waals surface area contributed by atoms with E-state index in [9.17, 15) is 13.2 Å². The van der Waals surface area contributed by atoms with Gasteiger partial charge in [-0.1, -0.05) is 0 Å². The van der Waals surface area contributed by atoms with E-state index in [1.165, 1.54) is 30.3 Å². The quantitative estimate of drug-likeness (QED) is 0.638. The Morgan fingerprint density at radius 3 is 2.43 bits per heavy atom. The summed E-state index contributed by atoms with van der Waals surface area (Å²) in [6.07, 6.45) is 0. The second-order valence-corrected chi connectivity index (χ2v) is 5.63. The van der Waals surface area contributed by atoms with Crippen LogP contribution < -0.4 is 0 Å². The highest BCUT2D eigenvalue weighted by atomic mass is 35.5. The second-order valence-electron chi connectivity index (χ2n) is 5.16. The molecule has 0 amide bonds. The third-order valence-electron chi connectivity index (χ3n) is 3.62. The Kier molecular flexibility index (Phi) is 3.80. The van der Waals surface area contributed by atoms with Crippen molar-refractivity contribution in [3.8, 4) is 11.3 Å². The van der Waals surface area contributed by atoms with E-state index >= 15 is 0 Å². The van der Waals surface area contributed by atoms with E-state index in [-0.39, 0.29) is 10.9 Å². The van der Waals surface area contributed by atoms with Crippen LogP contribution in [0.4, 0.5) is 13.2 Å². The molecule has 0 fully saturated rings. The Bertz CT molecular complexity index is 867. The van der Waals surface area contributed by atoms with Crippen molar-refractivity contribution < 1.29 is 13.2 Å². The topological polar surface area (TPSA) is 30.7 Å². The summed E-state index contributed by atoms with van der Waals surface area (Å²) in [6, 6.07) is 6.71. The molecule has 0 unspecified atom stereocenters. The van der Waals surface area contributed by atoms with Crippen molar-refractivity contribution >= 4 is 22.6 Å². The normalized spacial score (nSPS) is 12.1. The maximum absolute atomic E-state index is 13.9. The predicted octanol–water partition coefficient (Wildman–Crippen LogP) is 4.85. The molecule has 0 atom stereocenters. The van der Waals surface area contributed by atoms with Gasteiger partial charge in [-0.05, 0) is 55.8 Å². The fraction of sp³-hybridized carbons (Fsp3) is 0.250. The Balaban J connectivity index is 2.34. The molecule has 0 saturated heterocycles. The Hall–Kier alpha value is -2.08. The Morgan fingerprint density at radius 2 is 1.87 bits per heavy atom. The summed E-state index contributed by atoms with van der Waals surface area (Å²) in [7, 11) is 0. The SMILES string of the molecule is CCn1nc(C)c2c(C(F)(F)Cl)cc(-c3ccc(F)cc3)nc21. The van der Waals surface area contributed by atoms with Crippen LogP contribution in [0, 0.1) is 12.7 Å². The predicted molar refractivity (Wildman–Crippen MR) is 83.1 cm³/mol. The molecular weight excluding hydrogens is 327 g/mol. The zero-order valence-electron chi connectivity index (χ0n) is 12.4. The minimum absolute atomic E-state index is 0.248. The largest absolute Gasteiger partial charge is 0.349 e. The average Bonchev–Trinajstić information content (AvgIpc) is 2.82. The summed E-state index contributed by atoms with van der Waals surface area (Å²) >= 11 is 5.29. The van der Waals surface area contributed by atoms with Crippen molar-refractivity contribution in [1.29, 1.82) is 0 Å². The number of alkyl halides is 3. The van der Waals surface area contributed by atoms with E-state index in [4.69, 9.17) is 11.6 Å². The molecule has 0 radical (unpaired) electrons. The van der Waals surface area contributed by atoms with Crippen LogP contribution in [0.5, 0.6) is 0 Å². The van der Waals surface area contributed by atoms with Crippen LogP contribution in [0.15, 0.2) is 30.3 Å². The highest BCUT2D eigenvalue weighted by molar-refractivity contribution is 6.22. The van der Waals surface area contributed by atoms with Crippen LogP contribution in [-0.4, -0.2) is 14.8 Å². The van der Waals surface area contributed by atoms with Gasteiger partial charge in [-0.2, -0.15) is 13.9 Å². The third kappa shape index (κ3) is 2.79. The monoisotopic (exact) mass is 339 g/mol. The van der Waals surface area contributed by atoms with Gasteiger partial charge < -0.3 is 0 Å². The van der Waals surface area contributed by atoms with Gasteiger partial charge in [0.05, 0.1) is 22.3 Å². The number of aromatic nitrogens is 3. The van der Waals surface area contributed by atoms with Crippen LogP contribution in [0.3, 0.4) is 0 Å². The zero-order valence-corrected chi connectivity index (χ0v) is 13.2. The van der Waals surface area contributed by atoms with Gasteiger partial charge in [0.25, 0.3) is 0 Å². The van der Waals surface area contributed by atoms with Crippen molar-refractivity contribution in [2.24, 2.45) is 0 Å². The molecule has 1 aromatic carbocycles. The Morgan fingerprint density at radius 1 is 1.22 bits per heavy atom. The molecule has 0 spiro atoms. The van der Waals surface area contributed by atoms with E-state index in [0.29, 0.717) is 29.1 Å². The molecular formula is C16H13ClF3N3. The molecule has 0 N–H and O–H groups in total. The first-order chi connectivity index (χ1) is 10.8. The third-order valence-corrected chi connectivity index (χ3v) is 3.83. The number of benzene rings is 1. The fourth-order valence-corrected chi connectivity index (χ4v) is 2.72. The van der Waals surface area contributed by atoms with Gasteiger partial charge in [-0.3, -0.25) is 0 Å². The standard InChI is InChI=1S/C16H13ClF3N3/c1-3-23-15-14(9(2)22-23)12(16(17,19)20)8-13(21-15)10-4-6-11(18)7-5-10/h4-8H,3H2,1-2H3. The van der Waals surface area contributed by atoms with E-state index in [0.717, 1.165) is 0 Å². The first-order valence-electron chi connectivity index (χ1n) is 7.02. The average molecular weight is 340 g/mol. The van der Waals surface area contributed by atoms with Gasteiger partial charge in [0.1, 0.15) is 5.82 Å². The van der Waals surface area contributed by atoms with E-state index in [2.05, 4.69) is 10.1 Å². The smallest absolute Gasteiger partial charge is 0.247 e. The highest BCUT2D eigenvalue weighted by Gasteiger charge is 2.33. The zero-order chi connectivity index (χ0) is 16.8. The van der Waals surface area contributed by atoms with Crippen LogP contribution >= 0.6 is 11.6 Å². The fourth-order valence-electron chi connectivity index (χ4n) is 2.57. The number of hydrogen-bond donors (Lipinski definition) is 0. The lowest BCUT2D eigenvalue weighted by molar-refractivity contribution is 0.0968. The lowest BCUT2D eigenvalue weighted by atomic mass is 10.1. The van der Waals surface area contributed by atoms with Gasteiger partial charge in [-0.15, -0.1) is 0 Å². The van der Waals surface area contributed by atoms with Crippen molar-refractivity contribution in [3.05, 3.63) is 47.4 Å². The number of hydrogen-bond acceptors (Lipinski definition) is 2. The molecule has 3 rings (SSSR count). The van der Waals surface area contributed by atoms with Crippen LogP contribution in [0.25, 0.3) is 22.3 Å². The van der Waals surface area contributed by atoms with Gasteiger partial charge in [0.2, 0.25) is 0 Å². The second kappa shape index (κ2) is 5.53. The summed E-state index contributed by atoms with van der Waals surface area (Å²) in [5.74, 6) is -0.410. The lowest BCUT2D eigenvalue weighted by Crippen LogP contribution is -2.07. The summed E-state index contributed by atoms with van der Waals surface area (Å²) in [5.41, 5.74) is 1.25. The van der Waals surface area contributed by atoms with Gasteiger partial charge in [0, 0.05) is 12.1 Å². The number of pyridine rings is 1. The lowest BCUT2D eigenvalue weighted by Gasteiger charge is -2.12. The molecule has 120 valence electrons. The number of fused-ring (bicyclic) bond motifs is 1. The van der Waals surface area contributed by atoms with Crippen LogP contribution in [-0.2, 0) is 11.9 Å². The maximum Gasteiger partial charge on any atom is 0.349 e. The Labute approximate surface area is 135 Å². The minimum Gasteiger partial charge on any atom is -0.247 e. The number of halogens is 4. The first-order valence-corrected chi connectivity index (χ1v) is 7.40. The van der Waals surface area contributed by atoms with Crippen LogP contribution in [0.1, 0.15) is 18.2 Å². The molecule has 0 bridgehead atoms. The molecule has 0 aliphatic rings. The van der Waals surface area contributed by atoms with Gasteiger partial charge in [0.15, 0.2) is 5.65 Å². The van der Waals surface area contributed by atoms with Gasteiger partial charge in [-0.25, -0.2) is 14.1 Å². The number of nitrogens with zero attached hydrogens (tertiary/aromatic N) is 3. The van der Waals surface area contributed by atoms with E-state index < -0.39 is 11.2 Å². The summed E-state index contributed by atoms with van der Waals surface area (Å²) in [5, 5.41) is 0.928. The van der Waals surface area contributed by atoms with Crippen molar-refractivity contribution in [2.45, 2.75) is 25.8 Å². The van der Waals surface area contributed by atoms with Crippen molar-refractivity contribution in [2.75, 3.05) is 0 Å². The maximum atomic E-state index is 13.9. The first kappa shape index (κ1) is 15.8. The molecule has 3 aromatic rings. The number of rotatable bonds is 3. The molecule has 0 aliphatic carbocycles. The van der Waals surface area contributed by atoms with Crippen LogP contribution in [0.2, 0.25) is 0 Å².